The zero-order valence-electron chi connectivity index (χ0n) is 19.0. The molecule has 0 aliphatic heterocycles. The number of imidazole rings is 1. The Kier molecular flexibility index (Phi) is 5.25. The van der Waals surface area contributed by atoms with E-state index >= 15 is 4.39 Å². The number of nitrogens with one attached hydrogen (secondary N) is 1. The first-order valence-corrected chi connectivity index (χ1v) is 10.6. The van der Waals surface area contributed by atoms with Gasteiger partial charge in [-0.2, -0.15) is 15.5 Å². The molecule has 1 aromatic carbocycles. The molecule has 1 N–H and O–H groups in total. The lowest BCUT2D eigenvalue weighted by Gasteiger charge is -2.12. The summed E-state index contributed by atoms with van der Waals surface area (Å²) in [5, 5.41) is 24.3. The van der Waals surface area contributed by atoms with Gasteiger partial charge in [0.1, 0.15) is 24.0 Å². The average Bonchev–Trinajstić information content (AvgIpc) is 3.43. The molecule has 10 nitrogen and oxygen atoms in total. The van der Waals surface area contributed by atoms with Crippen LogP contribution in [0, 0.1) is 31.0 Å². The van der Waals surface area contributed by atoms with Gasteiger partial charge in [-0.05, 0) is 57.2 Å². The summed E-state index contributed by atoms with van der Waals surface area (Å²) in [5.74, 6) is 0.372. The third kappa shape index (κ3) is 3.97. The Bertz CT molecular complexity index is 1640. The second-order valence-electron chi connectivity index (χ2n) is 7.91. The van der Waals surface area contributed by atoms with Crippen LogP contribution in [0.5, 0.6) is 0 Å². The van der Waals surface area contributed by atoms with Crippen molar-refractivity contribution in [1.82, 2.24) is 34.5 Å². The maximum absolute atomic E-state index is 15.0. The van der Waals surface area contributed by atoms with Crippen LogP contribution in [-0.4, -0.2) is 40.3 Å². The SMILES string of the molecule is CC(=O)c1ccc(-n2cnc3cc(Nc4ccc(C)nn4)c(F)cc32)nc1-n1nc(C#N)cc1C. The van der Waals surface area contributed by atoms with Crippen molar-refractivity contribution in [3.63, 3.8) is 0 Å². The van der Waals surface area contributed by atoms with Gasteiger partial charge in [-0.3, -0.25) is 9.36 Å². The highest BCUT2D eigenvalue weighted by Crippen LogP contribution is 2.27. The third-order valence-corrected chi connectivity index (χ3v) is 5.39. The van der Waals surface area contributed by atoms with Crippen molar-refractivity contribution in [2.24, 2.45) is 0 Å². The summed E-state index contributed by atoms with van der Waals surface area (Å²) in [4.78, 5) is 21.3. The number of ketones is 1. The number of carbonyl (C=O) groups is 1. The molecular formula is C24H18FN9O. The van der Waals surface area contributed by atoms with Gasteiger partial charge in [0.2, 0.25) is 0 Å². The fourth-order valence-corrected chi connectivity index (χ4v) is 3.66. The van der Waals surface area contributed by atoms with Crippen LogP contribution in [0.3, 0.4) is 0 Å². The molecule has 172 valence electrons. The molecule has 5 aromatic rings. The molecule has 0 saturated carbocycles. The first-order chi connectivity index (χ1) is 16.8. The van der Waals surface area contributed by atoms with Crippen LogP contribution in [0.15, 0.2) is 48.8 Å². The van der Waals surface area contributed by atoms with Crippen molar-refractivity contribution in [3.8, 4) is 17.7 Å². The van der Waals surface area contributed by atoms with Crippen LogP contribution in [0.1, 0.15) is 34.4 Å². The Morgan fingerprint density at radius 3 is 2.63 bits per heavy atom. The topological polar surface area (TPSA) is 127 Å². The monoisotopic (exact) mass is 467 g/mol. The maximum Gasteiger partial charge on any atom is 0.166 e. The molecule has 0 radical (unpaired) electrons. The number of pyridine rings is 1. The second kappa shape index (κ2) is 8.42. The number of benzene rings is 1. The normalized spacial score (nSPS) is 10.9. The van der Waals surface area contributed by atoms with E-state index in [2.05, 4.69) is 30.6 Å². The van der Waals surface area contributed by atoms with Crippen molar-refractivity contribution in [2.75, 3.05) is 5.32 Å². The van der Waals surface area contributed by atoms with Crippen LogP contribution in [0.2, 0.25) is 0 Å². The summed E-state index contributed by atoms with van der Waals surface area (Å²) in [5.41, 5.74) is 3.15. The molecule has 5 rings (SSSR count). The molecule has 0 amide bonds. The number of aryl methyl sites for hydroxylation is 2. The van der Waals surface area contributed by atoms with Crippen molar-refractivity contribution in [3.05, 3.63) is 77.3 Å². The summed E-state index contributed by atoms with van der Waals surface area (Å²) < 4.78 is 18.1. The second-order valence-corrected chi connectivity index (χ2v) is 7.91. The Morgan fingerprint density at radius 1 is 1.11 bits per heavy atom. The van der Waals surface area contributed by atoms with Crippen molar-refractivity contribution >= 4 is 28.3 Å². The molecule has 11 heteroatoms. The number of fused-ring (bicyclic) bond motifs is 1. The number of hydrogen-bond donors (Lipinski definition) is 1. The number of rotatable bonds is 5. The largest absolute Gasteiger partial charge is 0.336 e. The van der Waals surface area contributed by atoms with Gasteiger partial charge in [0.05, 0.1) is 28.0 Å². The first-order valence-electron chi connectivity index (χ1n) is 10.6. The zero-order chi connectivity index (χ0) is 24.7. The molecule has 35 heavy (non-hydrogen) atoms. The fraction of sp³-hybridized carbons (Fsp3) is 0.125. The van der Waals surface area contributed by atoms with Gasteiger partial charge in [0.15, 0.2) is 23.1 Å². The molecule has 0 aliphatic rings. The van der Waals surface area contributed by atoms with Gasteiger partial charge in [-0.15, -0.1) is 5.10 Å². The molecule has 4 aromatic heterocycles. The van der Waals surface area contributed by atoms with E-state index < -0.39 is 5.82 Å². The van der Waals surface area contributed by atoms with E-state index in [1.165, 1.54) is 24.0 Å². The van der Waals surface area contributed by atoms with E-state index in [1.54, 1.807) is 47.9 Å². The quantitative estimate of drug-likeness (QED) is 0.385. The van der Waals surface area contributed by atoms with Gasteiger partial charge in [0.25, 0.3) is 0 Å². The molecule has 0 atom stereocenters. The number of nitrogens with zero attached hydrogens (tertiary/aromatic N) is 8. The molecular weight excluding hydrogens is 449 g/mol. The van der Waals surface area contributed by atoms with Gasteiger partial charge in [-0.1, -0.05) is 0 Å². The summed E-state index contributed by atoms with van der Waals surface area (Å²) >= 11 is 0. The molecule has 0 spiro atoms. The summed E-state index contributed by atoms with van der Waals surface area (Å²) in [7, 11) is 0. The Labute approximate surface area is 198 Å². The number of nitriles is 1. The minimum atomic E-state index is -0.510. The third-order valence-electron chi connectivity index (χ3n) is 5.39. The Hall–Kier alpha value is -4.98. The minimum absolute atomic E-state index is 0.205. The lowest BCUT2D eigenvalue weighted by molar-refractivity contribution is 0.101. The molecule has 4 heterocycles. The summed E-state index contributed by atoms with van der Waals surface area (Å²) in [6.45, 7) is 5.01. The number of aromatic nitrogens is 7. The minimum Gasteiger partial charge on any atom is -0.336 e. The highest BCUT2D eigenvalue weighted by atomic mass is 19.1. The molecule has 0 unspecified atom stereocenters. The number of halogens is 1. The van der Waals surface area contributed by atoms with Crippen LogP contribution in [-0.2, 0) is 0 Å². The lowest BCUT2D eigenvalue weighted by Crippen LogP contribution is -2.11. The van der Waals surface area contributed by atoms with Crippen molar-refractivity contribution in [2.45, 2.75) is 20.8 Å². The molecule has 0 saturated heterocycles. The lowest BCUT2D eigenvalue weighted by atomic mass is 10.2. The summed E-state index contributed by atoms with van der Waals surface area (Å²) in [6.07, 6.45) is 1.52. The number of hydrogen-bond acceptors (Lipinski definition) is 8. The van der Waals surface area contributed by atoms with Gasteiger partial charge in [-0.25, -0.2) is 19.0 Å². The van der Waals surface area contributed by atoms with E-state index in [0.29, 0.717) is 33.9 Å². The standard InChI is InChI=1S/C24H18FN9O/c1-13-4-6-22(31-30-13)28-19-10-20-21(9-18(19)25)33(12-27-20)23-7-5-17(15(3)35)24(29-23)34-14(2)8-16(11-26)32-34/h4-10,12H,1-3H3,(H,28,31). The van der Waals surface area contributed by atoms with Crippen LogP contribution in [0.4, 0.5) is 15.9 Å². The Balaban J connectivity index is 1.59. The first kappa shape index (κ1) is 21.8. The van der Waals surface area contributed by atoms with Gasteiger partial charge < -0.3 is 5.32 Å². The average molecular weight is 467 g/mol. The summed E-state index contributed by atoms with van der Waals surface area (Å²) in [6, 6.07) is 13.3. The number of anilines is 2. The van der Waals surface area contributed by atoms with E-state index in [0.717, 1.165) is 5.69 Å². The van der Waals surface area contributed by atoms with Crippen molar-refractivity contribution in [1.29, 1.82) is 5.26 Å². The highest BCUT2D eigenvalue weighted by Gasteiger charge is 2.18. The fourth-order valence-electron chi connectivity index (χ4n) is 3.66. The molecule has 0 fully saturated rings. The number of carbonyl (C=O) groups excluding carboxylic acids is 1. The van der Waals surface area contributed by atoms with E-state index in [1.807, 2.05) is 13.0 Å². The van der Waals surface area contributed by atoms with Gasteiger partial charge in [0, 0.05) is 11.8 Å². The van der Waals surface area contributed by atoms with Crippen LogP contribution < -0.4 is 5.32 Å². The van der Waals surface area contributed by atoms with E-state index in [-0.39, 0.29) is 23.0 Å². The maximum atomic E-state index is 15.0. The highest BCUT2D eigenvalue weighted by molar-refractivity contribution is 5.97. The number of Topliss-reactive ketones (excluding diaryl/α,β-unsaturated/α-hetero) is 1. The van der Waals surface area contributed by atoms with E-state index in [4.69, 9.17) is 0 Å². The molecule has 0 bridgehead atoms. The molecule has 0 aliphatic carbocycles. The zero-order valence-corrected chi connectivity index (χ0v) is 19.0. The smallest absolute Gasteiger partial charge is 0.166 e. The van der Waals surface area contributed by atoms with Crippen LogP contribution >= 0.6 is 0 Å². The van der Waals surface area contributed by atoms with E-state index in [9.17, 15) is 10.1 Å². The predicted molar refractivity (Wildman–Crippen MR) is 125 cm³/mol. The van der Waals surface area contributed by atoms with Crippen molar-refractivity contribution < 1.29 is 9.18 Å². The Morgan fingerprint density at radius 2 is 1.94 bits per heavy atom. The van der Waals surface area contributed by atoms with Gasteiger partial charge >= 0.3 is 0 Å². The predicted octanol–water partition coefficient (Wildman–Crippen LogP) is 3.97. The van der Waals surface area contributed by atoms with Crippen LogP contribution in [0.25, 0.3) is 22.7 Å².